The fourth-order valence-corrected chi connectivity index (χ4v) is 5.50. The van der Waals surface area contributed by atoms with E-state index in [1.807, 2.05) is 6.92 Å². The first-order chi connectivity index (χ1) is 14.6. The number of nitrogens with one attached hydrogen (secondary N) is 1. The molecule has 12 heteroatoms. The Morgan fingerprint density at radius 3 is 2.61 bits per heavy atom. The molecule has 0 radical (unpaired) electrons. The van der Waals surface area contributed by atoms with Crippen molar-refractivity contribution in [1.82, 2.24) is 19.3 Å². The smallest absolute Gasteiger partial charge is 0.316 e. The summed E-state index contributed by atoms with van der Waals surface area (Å²) in [6.45, 7) is 2.14. The van der Waals surface area contributed by atoms with Crippen molar-refractivity contribution in [2.24, 2.45) is 0 Å². The van der Waals surface area contributed by atoms with Crippen molar-refractivity contribution < 1.29 is 21.6 Å². The molecule has 0 fully saturated rings. The van der Waals surface area contributed by atoms with Crippen LogP contribution in [0.25, 0.3) is 0 Å². The molecular formula is C19H18F3N5O2S2. The zero-order chi connectivity index (χ0) is 22.2. The van der Waals surface area contributed by atoms with Crippen molar-refractivity contribution in [2.75, 3.05) is 18.4 Å². The van der Waals surface area contributed by atoms with E-state index >= 15 is 0 Å². The van der Waals surface area contributed by atoms with Gasteiger partial charge >= 0.3 is 6.18 Å². The second-order valence-corrected chi connectivity index (χ2v) is 10.2. The quantitative estimate of drug-likeness (QED) is 0.626. The van der Waals surface area contributed by atoms with Gasteiger partial charge in [0.25, 0.3) is 0 Å². The number of thiazole rings is 1. The molecule has 0 saturated heterocycles. The van der Waals surface area contributed by atoms with Gasteiger partial charge in [0.2, 0.25) is 10.0 Å². The van der Waals surface area contributed by atoms with Gasteiger partial charge in [0.05, 0.1) is 16.2 Å². The minimum absolute atomic E-state index is 0.102. The highest BCUT2D eigenvalue weighted by Crippen LogP contribution is 2.32. The molecule has 0 amide bonds. The summed E-state index contributed by atoms with van der Waals surface area (Å²) in [5.41, 5.74) is 0.479. The fourth-order valence-electron chi connectivity index (χ4n) is 3.35. The first-order valence-corrected chi connectivity index (χ1v) is 11.6. The Morgan fingerprint density at radius 1 is 1.13 bits per heavy atom. The summed E-state index contributed by atoms with van der Waals surface area (Å²) in [6.07, 6.45) is -0.845. The maximum Gasteiger partial charge on any atom is 0.416 e. The molecule has 1 aliphatic heterocycles. The van der Waals surface area contributed by atoms with Crippen LogP contribution in [0.2, 0.25) is 0 Å². The van der Waals surface area contributed by atoms with Crippen molar-refractivity contribution in [3.63, 3.8) is 0 Å². The van der Waals surface area contributed by atoms with E-state index in [0.29, 0.717) is 35.6 Å². The molecule has 0 spiro atoms. The zero-order valence-electron chi connectivity index (χ0n) is 16.3. The number of anilines is 2. The number of fused-ring (bicyclic) bond motifs is 1. The first kappa shape index (κ1) is 21.7. The molecule has 0 aliphatic carbocycles. The van der Waals surface area contributed by atoms with E-state index in [2.05, 4.69) is 20.3 Å². The van der Waals surface area contributed by atoms with E-state index in [1.165, 1.54) is 28.0 Å². The van der Waals surface area contributed by atoms with Crippen LogP contribution in [-0.2, 0) is 29.0 Å². The molecule has 7 nitrogen and oxygen atoms in total. The molecule has 3 heterocycles. The Labute approximate surface area is 181 Å². The van der Waals surface area contributed by atoms with Crippen molar-refractivity contribution in [3.8, 4) is 0 Å². The van der Waals surface area contributed by atoms with E-state index in [1.54, 1.807) is 6.20 Å². The molecule has 1 aliphatic rings. The number of hydrogen-bond donors (Lipinski definition) is 1. The summed E-state index contributed by atoms with van der Waals surface area (Å²) >= 11 is 1.46. The molecule has 1 aromatic carbocycles. The van der Waals surface area contributed by atoms with Gasteiger partial charge < -0.3 is 5.32 Å². The molecule has 4 rings (SSSR count). The normalized spacial score (nSPS) is 15.4. The Morgan fingerprint density at radius 2 is 1.90 bits per heavy atom. The standard InChI is InChI=1S/C19H18F3N5O2S2/c1-12-10-23-18(30-12)26-17-15-5-7-27(8-6-16(15)24-11-25-17)31(28,29)14-4-2-3-13(9-14)19(20,21)22/h2-4,9-11H,5-8H2,1H3,(H,23,24,25,26). The molecule has 1 N–H and O–H groups in total. The van der Waals surface area contributed by atoms with Crippen LogP contribution in [0.15, 0.2) is 41.7 Å². The maximum absolute atomic E-state index is 13.0. The lowest BCUT2D eigenvalue weighted by molar-refractivity contribution is -0.137. The molecular weight excluding hydrogens is 451 g/mol. The van der Waals surface area contributed by atoms with Gasteiger partial charge in [0, 0.05) is 36.1 Å². The molecule has 0 atom stereocenters. The van der Waals surface area contributed by atoms with Crippen LogP contribution in [0.5, 0.6) is 0 Å². The van der Waals surface area contributed by atoms with Gasteiger partial charge in [-0.2, -0.15) is 17.5 Å². The van der Waals surface area contributed by atoms with Gasteiger partial charge in [-0.3, -0.25) is 0 Å². The lowest BCUT2D eigenvalue weighted by atomic mass is 10.1. The van der Waals surface area contributed by atoms with Gasteiger partial charge in [-0.15, -0.1) is 11.3 Å². The second-order valence-electron chi connectivity index (χ2n) is 6.98. The van der Waals surface area contributed by atoms with Crippen LogP contribution >= 0.6 is 11.3 Å². The number of benzene rings is 1. The first-order valence-electron chi connectivity index (χ1n) is 9.34. The summed E-state index contributed by atoms with van der Waals surface area (Å²) in [4.78, 5) is 13.5. The third-order valence-corrected chi connectivity index (χ3v) is 7.61. The van der Waals surface area contributed by atoms with Gasteiger partial charge in [0.1, 0.15) is 12.1 Å². The lowest BCUT2D eigenvalue weighted by Crippen LogP contribution is -2.33. The van der Waals surface area contributed by atoms with Crippen molar-refractivity contribution in [1.29, 1.82) is 0 Å². The number of sulfonamides is 1. The molecule has 164 valence electrons. The SMILES string of the molecule is Cc1cnc(Nc2ncnc3c2CCN(S(=O)(=O)c2cccc(C(F)(F)F)c2)CC3)s1. The monoisotopic (exact) mass is 469 g/mol. The van der Waals surface area contributed by atoms with Gasteiger partial charge in [-0.1, -0.05) is 6.07 Å². The maximum atomic E-state index is 13.0. The minimum Gasteiger partial charge on any atom is -0.316 e. The van der Waals surface area contributed by atoms with E-state index in [0.717, 1.165) is 22.6 Å². The molecule has 3 aromatic rings. The minimum atomic E-state index is -4.62. The summed E-state index contributed by atoms with van der Waals surface area (Å²) in [6, 6.07) is 3.81. The van der Waals surface area contributed by atoms with Crippen LogP contribution in [0.1, 0.15) is 21.7 Å². The highest BCUT2D eigenvalue weighted by atomic mass is 32.2. The Hall–Kier alpha value is -2.57. The van der Waals surface area contributed by atoms with E-state index in [4.69, 9.17) is 0 Å². The van der Waals surface area contributed by atoms with E-state index in [9.17, 15) is 21.6 Å². The van der Waals surface area contributed by atoms with Crippen LogP contribution < -0.4 is 5.32 Å². The third kappa shape index (κ3) is 4.55. The molecule has 0 unspecified atom stereocenters. The van der Waals surface area contributed by atoms with Crippen molar-refractivity contribution >= 4 is 32.3 Å². The number of alkyl halides is 3. The predicted octanol–water partition coefficient (Wildman–Crippen LogP) is 3.79. The van der Waals surface area contributed by atoms with E-state index < -0.39 is 21.8 Å². The Kier molecular flexibility index (Phi) is 5.71. The molecule has 0 bridgehead atoms. The largest absolute Gasteiger partial charge is 0.416 e. The number of halogens is 3. The fraction of sp³-hybridized carbons (Fsp3) is 0.316. The average Bonchev–Trinajstić information content (AvgIpc) is 2.99. The Balaban J connectivity index is 1.59. The summed E-state index contributed by atoms with van der Waals surface area (Å²) in [5, 5.41) is 3.82. The molecule has 0 saturated carbocycles. The van der Waals surface area contributed by atoms with Crippen LogP contribution in [-0.4, -0.2) is 40.8 Å². The number of nitrogens with zero attached hydrogens (tertiary/aromatic N) is 4. The van der Waals surface area contributed by atoms with Crippen LogP contribution in [0.3, 0.4) is 0 Å². The van der Waals surface area contributed by atoms with Crippen LogP contribution in [0, 0.1) is 6.92 Å². The van der Waals surface area contributed by atoms with Crippen molar-refractivity contribution in [2.45, 2.75) is 30.8 Å². The number of rotatable bonds is 4. The van der Waals surface area contributed by atoms with E-state index in [-0.39, 0.29) is 18.0 Å². The zero-order valence-corrected chi connectivity index (χ0v) is 18.0. The Bertz CT molecular complexity index is 1210. The summed E-state index contributed by atoms with van der Waals surface area (Å²) < 4.78 is 66.4. The highest BCUT2D eigenvalue weighted by molar-refractivity contribution is 7.89. The van der Waals surface area contributed by atoms with Gasteiger partial charge in [-0.05, 0) is 31.5 Å². The second kappa shape index (κ2) is 8.17. The lowest BCUT2D eigenvalue weighted by Gasteiger charge is -2.20. The van der Waals surface area contributed by atoms with Crippen molar-refractivity contribution in [3.05, 3.63) is 58.5 Å². The average molecular weight is 470 g/mol. The highest BCUT2D eigenvalue weighted by Gasteiger charge is 2.33. The summed E-state index contributed by atoms with van der Waals surface area (Å²) in [5.74, 6) is 0.553. The number of aryl methyl sites for hydroxylation is 1. The van der Waals surface area contributed by atoms with Crippen LogP contribution in [0.4, 0.5) is 24.1 Å². The number of aromatic nitrogens is 3. The van der Waals surface area contributed by atoms with Gasteiger partial charge in [-0.25, -0.2) is 23.4 Å². The third-order valence-electron chi connectivity index (χ3n) is 4.89. The molecule has 2 aromatic heterocycles. The number of hydrogen-bond acceptors (Lipinski definition) is 7. The predicted molar refractivity (Wildman–Crippen MR) is 110 cm³/mol. The molecule has 31 heavy (non-hydrogen) atoms. The topological polar surface area (TPSA) is 88.1 Å². The summed E-state index contributed by atoms with van der Waals surface area (Å²) in [7, 11) is -4.10. The van der Waals surface area contributed by atoms with Gasteiger partial charge in [0.15, 0.2) is 5.13 Å².